The van der Waals surface area contributed by atoms with Crippen LogP contribution < -0.4 is 16.0 Å². The molecule has 5 atom stereocenters. The summed E-state index contributed by atoms with van der Waals surface area (Å²) in [7, 11) is 1.31. The fourth-order valence-electron chi connectivity index (χ4n) is 6.01. The van der Waals surface area contributed by atoms with Crippen molar-refractivity contribution < 1.29 is 43.9 Å². The Kier molecular flexibility index (Phi) is 9.80. The third-order valence-electron chi connectivity index (χ3n) is 8.47. The van der Waals surface area contributed by atoms with Gasteiger partial charge < -0.3 is 40.2 Å². The third kappa shape index (κ3) is 6.93. The quantitative estimate of drug-likeness (QED) is 0.139. The maximum Gasteiger partial charge on any atom is 0.411 e. The molecule has 4 aromatic rings. The molecule has 6 rings (SSSR count). The van der Waals surface area contributed by atoms with Gasteiger partial charge in [-0.1, -0.05) is 54.6 Å². The van der Waals surface area contributed by atoms with Crippen molar-refractivity contribution in [2.24, 2.45) is 0 Å². The van der Waals surface area contributed by atoms with Gasteiger partial charge in [0.1, 0.15) is 31.0 Å². The number of nitrogens with one attached hydrogen (secondary N) is 3. The summed E-state index contributed by atoms with van der Waals surface area (Å²) in [5, 5.41) is 38.2. The molecular formula is C36H35N3O9. The molecule has 0 bridgehead atoms. The Morgan fingerprint density at radius 1 is 0.812 bits per heavy atom. The van der Waals surface area contributed by atoms with Gasteiger partial charge in [-0.2, -0.15) is 0 Å². The molecule has 0 unspecified atom stereocenters. The summed E-state index contributed by atoms with van der Waals surface area (Å²) in [4.78, 5) is 38.9. The number of amides is 3. The van der Waals surface area contributed by atoms with Gasteiger partial charge in [-0.3, -0.25) is 14.9 Å². The summed E-state index contributed by atoms with van der Waals surface area (Å²) < 4.78 is 16.2. The van der Waals surface area contributed by atoms with E-state index in [0.717, 1.165) is 23.1 Å². The van der Waals surface area contributed by atoms with Gasteiger partial charge in [-0.05, 0) is 70.6 Å². The number of carbonyl (C=O) groups is 3. The van der Waals surface area contributed by atoms with Crippen LogP contribution in [0.4, 0.5) is 16.2 Å². The average Bonchev–Trinajstić information content (AvgIpc) is 3.49. The predicted molar refractivity (Wildman–Crippen MR) is 175 cm³/mol. The molecule has 12 heteroatoms. The van der Waals surface area contributed by atoms with E-state index in [-0.39, 0.29) is 17.7 Å². The van der Waals surface area contributed by atoms with Gasteiger partial charge in [0.05, 0.1) is 6.61 Å². The van der Waals surface area contributed by atoms with E-state index in [1.54, 1.807) is 30.3 Å². The lowest BCUT2D eigenvalue weighted by Gasteiger charge is -2.41. The molecule has 3 amide bonds. The predicted octanol–water partition coefficient (Wildman–Crippen LogP) is 3.44. The maximum atomic E-state index is 13.1. The lowest BCUT2D eigenvalue weighted by molar-refractivity contribution is -0.261. The van der Waals surface area contributed by atoms with Crippen molar-refractivity contribution in [2.75, 3.05) is 24.4 Å². The van der Waals surface area contributed by atoms with Crippen LogP contribution in [0.1, 0.15) is 37.4 Å². The van der Waals surface area contributed by atoms with E-state index in [2.05, 4.69) is 34.1 Å². The summed E-state index contributed by atoms with van der Waals surface area (Å²) in [6.07, 6.45) is -5.01. The first-order valence-electron chi connectivity index (χ1n) is 15.4. The molecule has 1 aliphatic carbocycles. The Balaban J connectivity index is 1.05. The zero-order chi connectivity index (χ0) is 33.8. The number of ether oxygens (including phenoxy) is 3. The summed E-state index contributed by atoms with van der Waals surface area (Å²) in [6, 6.07) is 25.5. The van der Waals surface area contributed by atoms with Gasteiger partial charge in [0, 0.05) is 29.6 Å². The van der Waals surface area contributed by atoms with Crippen LogP contribution in [0.15, 0.2) is 91.0 Å². The minimum Gasteiger partial charge on any atom is -0.444 e. The van der Waals surface area contributed by atoms with E-state index < -0.39 is 55.2 Å². The van der Waals surface area contributed by atoms with Crippen molar-refractivity contribution >= 4 is 29.3 Å². The van der Waals surface area contributed by atoms with Gasteiger partial charge in [0.25, 0.3) is 11.8 Å². The Morgan fingerprint density at radius 2 is 1.48 bits per heavy atom. The van der Waals surface area contributed by atoms with Gasteiger partial charge in [-0.15, -0.1) is 0 Å². The highest BCUT2D eigenvalue weighted by atomic mass is 16.7. The SMILES string of the molecule is CO[C@H]1O[C@H](CO)[C@@H](O)[C@H](O)[C@@H]1NC(=O)c1cccc(NC(=O)c2cccc(NC(=O)OCc3cccc4c3Cc3ccccc3-4)c2)c1. The van der Waals surface area contributed by atoms with Crippen LogP contribution in [0.25, 0.3) is 11.1 Å². The molecule has 48 heavy (non-hydrogen) atoms. The minimum absolute atomic E-state index is 0.0930. The van der Waals surface area contributed by atoms with Crippen molar-refractivity contribution in [3.8, 4) is 11.1 Å². The molecular weight excluding hydrogens is 618 g/mol. The largest absolute Gasteiger partial charge is 0.444 e. The molecule has 1 heterocycles. The monoisotopic (exact) mass is 653 g/mol. The van der Waals surface area contributed by atoms with Gasteiger partial charge >= 0.3 is 6.09 Å². The van der Waals surface area contributed by atoms with Crippen LogP contribution in [0.5, 0.6) is 0 Å². The second kappa shape index (κ2) is 14.3. The molecule has 1 saturated heterocycles. The standard InChI is InChI=1S/C36H35N3O9/c1-46-35-30(32(42)31(41)29(18-40)48-35)39-34(44)22-9-4-11-24(15-22)37-33(43)21-8-5-12-25(16-21)38-36(45)47-19-23-10-6-14-27-26-13-3-2-7-20(26)17-28(23)27/h2-16,29-32,35,40-42H,17-19H2,1H3,(H,37,43)(H,38,45)(H,39,44)/t29-,30+,31-,32-,35+/m1/s1. The van der Waals surface area contributed by atoms with E-state index in [4.69, 9.17) is 14.2 Å². The zero-order valence-electron chi connectivity index (χ0n) is 26.0. The molecule has 248 valence electrons. The molecule has 2 aliphatic rings. The van der Waals surface area contributed by atoms with Crippen LogP contribution in [0, 0.1) is 0 Å². The fraction of sp³-hybridized carbons (Fsp3) is 0.250. The van der Waals surface area contributed by atoms with Gasteiger partial charge in [0.15, 0.2) is 6.29 Å². The normalized spacial score (nSPS) is 21.0. The molecule has 0 saturated carbocycles. The smallest absolute Gasteiger partial charge is 0.411 e. The molecule has 0 radical (unpaired) electrons. The van der Waals surface area contributed by atoms with E-state index in [1.165, 1.54) is 36.4 Å². The van der Waals surface area contributed by atoms with E-state index in [9.17, 15) is 29.7 Å². The number of aliphatic hydroxyl groups is 3. The number of hydrogen-bond acceptors (Lipinski definition) is 9. The third-order valence-corrected chi connectivity index (χ3v) is 8.47. The Labute approximate surface area is 276 Å². The lowest BCUT2D eigenvalue weighted by atomic mass is 9.96. The number of aliphatic hydroxyl groups excluding tert-OH is 3. The minimum atomic E-state index is -1.47. The van der Waals surface area contributed by atoms with E-state index >= 15 is 0 Å². The molecule has 6 N–H and O–H groups in total. The molecule has 0 spiro atoms. The summed E-state index contributed by atoms with van der Waals surface area (Å²) in [6.45, 7) is -0.453. The van der Waals surface area contributed by atoms with Gasteiger partial charge in [-0.25, -0.2) is 4.79 Å². The molecule has 12 nitrogen and oxygen atoms in total. The maximum absolute atomic E-state index is 13.1. The molecule has 1 fully saturated rings. The molecule has 4 aromatic carbocycles. The van der Waals surface area contributed by atoms with Crippen molar-refractivity contribution in [3.63, 3.8) is 0 Å². The second-order valence-corrected chi connectivity index (χ2v) is 11.5. The topological polar surface area (TPSA) is 176 Å². The Morgan fingerprint density at radius 3 is 2.21 bits per heavy atom. The summed E-state index contributed by atoms with van der Waals surface area (Å²) in [5.74, 6) is -1.11. The highest BCUT2D eigenvalue weighted by molar-refractivity contribution is 6.06. The van der Waals surface area contributed by atoms with E-state index in [0.29, 0.717) is 11.4 Å². The van der Waals surface area contributed by atoms with Crippen LogP contribution in [-0.2, 0) is 27.2 Å². The second-order valence-electron chi connectivity index (χ2n) is 11.5. The number of carbonyl (C=O) groups excluding carboxylic acids is 3. The van der Waals surface area contributed by atoms with Crippen LogP contribution in [-0.4, -0.2) is 77.6 Å². The van der Waals surface area contributed by atoms with Crippen LogP contribution in [0.3, 0.4) is 0 Å². The van der Waals surface area contributed by atoms with Crippen molar-refractivity contribution in [1.82, 2.24) is 5.32 Å². The van der Waals surface area contributed by atoms with Crippen molar-refractivity contribution in [2.45, 2.75) is 43.7 Å². The number of anilines is 2. The fourth-order valence-corrected chi connectivity index (χ4v) is 6.01. The number of benzene rings is 4. The van der Waals surface area contributed by atoms with Gasteiger partial charge in [0.2, 0.25) is 0 Å². The number of fused-ring (bicyclic) bond motifs is 3. The Hall–Kier alpha value is -5.11. The summed E-state index contributed by atoms with van der Waals surface area (Å²) in [5.41, 5.74) is 6.72. The lowest BCUT2D eigenvalue weighted by Crippen LogP contribution is -2.64. The van der Waals surface area contributed by atoms with Crippen LogP contribution in [0.2, 0.25) is 0 Å². The molecule has 1 aliphatic heterocycles. The Bertz CT molecular complexity index is 1830. The van der Waals surface area contributed by atoms with Crippen molar-refractivity contribution in [1.29, 1.82) is 0 Å². The van der Waals surface area contributed by atoms with Crippen molar-refractivity contribution in [3.05, 3.63) is 119 Å². The number of hydrogen-bond donors (Lipinski definition) is 6. The average molecular weight is 654 g/mol. The van der Waals surface area contributed by atoms with E-state index in [1.807, 2.05) is 24.3 Å². The van der Waals surface area contributed by atoms with Crippen LogP contribution >= 0.6 is 0 Å². The highest BCUT2D eigenvalue weighted by Gasteiger charge is 2.45. The first kappa shape index (κ1) is 32.8. The first-order valence-corrected chi connectivity index (χ1v) is 15.4. The highest BCUT2D eigenvalue weighted by Crippen LogP contribution is 2.38. The summed E-state index contributed by atoms with van der Waals surface area (Å²) >= 11 is 0. The molecule has 0 aromatic heterocycles. The zero-order valence-corrected chi connectivity index (χ0v) is 26.0. The number of methoxy groups -OCH3 is 1. The first-order chi connectivity index (χ1) is 23.2. The number of rotatable bonds is 9.